The average Bonchev–Trinajstić information content (AvgIpc) is 2.50. The van der Waals surface area contributed by atoms with Crippen molar-refractivity contribution in [2.24, 2.45) is 0 Å². The Morgan fingerprint density at radius 3 is 1.67 bits per heavy atom. The van der Waals surface area contributed by atoms with Crippen LogP contribution in [0.5, 0.6) is 0 Å². The van der Waals surface area contributed by atoms with Crippen LogP contribution >= 0.6 is 0 Å². The first-order chi connectivity index (χ1) is 10.2. The summed E-state index contributed by atoms with van der Waals surface area (Å²) in [7, 11) is 0. The molecule has 0 aromatic rings. The van der Waals surface area contributed by atoms with Gasteiger partial charge in [-0.3, -0.25) is 0 Å². The van der Waals surface area contributed by atoms with E-state index in [1.54, 1.807) is 13.0 Å². The lowest BCUT2D eigenvalue weighted by molar-refractivity contribution is -0.139. The van der Waals surface area contributed by atoms with E-state index in [2.05, 4.69) is 6.92 Å². The van der Waals surface area contributed by atoms with Gasteiger partial charge in [0, 0.05) is 5.57 Å². The third-order valence-corrected chi connectivity index (χ3v) is 3.99. The molecule has 0 aliphatic rings. The van der Waals surface area contributed by atoms with Crippen LogP contribution in [0.25, 0.3) is 0 Å². The van der Waals surface area contributed by atoms with Gasteiger partial charge in [0.15, 0.2) is 0 Å². The molecule has 0 saturated carbocycles. The summed E-state index contributed by atoms with van der Waals surface area (Å²) in [6.07, 6.45) is 17.7. The summed E-state index contributed by atoms with van der Waals surface area (Å²) in [6, 6.07) is 0. The first kappa shape index (κ1) is 20.2. The standard InChI is InChI=1S/C19H36O2/c1-4-6-7-8-9-10-11-12-13-14-15-16-17-21-19(20)18(3)5-2/h5H,4,6-17H2,1-3H3. The van der Waals surface area contributed by atoms with E-state index in [1.807, 2.05) is 6.92 Å². The molecule has 0 amide bonds. The smallest absolute Gasteiger partial charge is 0.333 e. The van der Waals surface area contributed by atoms with Gasteiger partial charge in [-0.05, 0) is 20.3 Å². The van der Waals surface area contributed by atoms with E-state index in [9.17, 15) is 4.79 Å². The second-order valence-corrected chi connectivity index (χ2v) is 6.00. The summed E-state index contributed by atoms with van der Waals surface area (Å²) in [5.41, 5.74) is 0.703. The van der Waals surface area contributed by atoms with Gasteiger partial charge < -0.3 is 4.74 Å². The third kappa shape index (κ3) is 13.9. The number of carbonyl (C=O) groups is 1. The Kier molecular flexibility index (Phi) is 15.0. The predicted octanol–water partition coefficient (Wildman–Crippen LogP) is 6.20. The van der Waals surface area contributed by atoms with Gasteiger partial charge in [0.1, 0.15) is 0 Å². The third-order valence-electron chi connectivity index (χ3n) is 3.99. The summed E-state index contributed by atoms with van der Waals surface area (Å²) in [4.78, 5) is 11.4. The van der Waals surface area contributed by atoms with Crippen molar-refractivity contribution >= 4 is 5.97 Å². The van der Waals surface area contributed by atoms with Gasteiger partial charge in [-0.1, -0.05) is 83.6 Å². The Bertz CT molecular complexity index is 269. The summed E-state index contributed by atoms with van der Waals surface area (Å²) in [5.74, 6) is -0.166. The number of carbonyl (C=O) groups excluding carboxylic acids is 1. The highest BCUT2D eigenvalue weighted by atomic mass is 16.5. The Balaban J connectivity index is 3.14. The molecule has 0 aromatic heterocycles. The van der Waals surface area contributed by atoms with Gasteiger partial charge in [0.25, 0.3) is 0 Å². The van der Waals surface area contributed by atoms with Gasteiger partial charge in [0.2, 0.25) is 0 Å². The SMILES string of the molecule is CC=C(C)C(=O)OCCCCCCCCCCCCCC. The molecule has 0 aliphatic heterocycles. The van der Waals surface area contributed by atoms with Crippen molar-refractivity contribution in [3.63, 3.8) is 0 Å². The molecule has 2 nitrogen and oxygen atoms in total. The molecule has 0 fully saturated rings. The Hall–Kier alpha value is -0.790. The second-order valence-electron chi connectivity index (χ2n) is 6.00. The largest absolute Gasteiger partial charge is 0.462 e. The zero-order valence-corrected chi connectivity index (χ0v) is 14.6. The molecule has 0 aromatic carbocycles. The summed E-state index contributed by atoms with van der Waals surface area (Å²) in [5, 5.41) is 0. The average molecular weight is 296 g/mol. The van der Waals surface area contributed by atoms with Crippen LogP contribution in [-0.2, 0) is 9.53 Å². The fraction of sp³-hybridized carbons (Fsp3) is 0.842. The van der Waals surface area contributed by atoms with Gasteiger partial charge in [-0.15, -0.1) is 0 Å². The number of rotatable bonds is 14. The molecule has 0 spiro atoms. The van der Waals surface area contributed by atoms with Crippen molar-refractivity contribution in [2.45, 2.75) is 97.8 Å². The normalized spacial score (nSPS) is 11.7. The molecular formula is C19H36O2. The van der Waals surface area contributed by atoms with Gasteiger partial charge in [-0.25, -0.2) is 4.79 Å². The van der Waals surface area contributed by atoms with Crippen LogP contribution in [0.2, 0.25) is 0 Å². The number of esters is 1. The Morgan fingerprint density at radius 1 is 0.810 bits per heavy atom. The number of hydrogen-bond donors (Lipinski definition) is 0. The van der Waals surface area contributed by atoms with Crippen LogP contribution in [0.15, 0.2) is 11.6 Å². The van der Waals surface area contributed by atoms with Gasteiger partial charge in [-0.2, -0.15) is 0 Å². The van der Waals surface area contributed by atoms with Crippen molar-refractivity contribution < 1.29 is 9.53 Å². The van der Waals surface area contributed by atoms with Crippen LogP contribution in [-0.4, -0.2) is 12.6 Å². The monoisotopic (exact) mass is 296 g/mol. The van der Waals surface area contributed by atoms with E-state index in [1.165, 1.54) is 70.6 Å². The fourth-order valence-electron chi connectivity index (χ4n) is 2.34. The van der Waals surface area contributed by atoms with Crippen LogP contribution < -0.4 is 0 Å². The number of unbranched alkanes of at least 4 members (excludes halogenated alkanes) is 11. The van der Waals surface area contributed by atoms with E-state index in [0.29, 0.717) is 12.2 Å². The van der Waals surface area contributed by atoms with Crippen molar-refractivity contribution in [1.82, 2.24) is 0 Å². The van der Waals surface area contributed by atoms with E-state index in [4.69, 9.17) is 4.74 Å². The van der Waals surface area contributed by atoms with Crippen LogP contribution in [0.1, 0.15) is 97.8 Å². The highest BCUT2D eigenvalue weighted by Crippen LogP contribution is 2.12. The minimum absolute atomic E-state index is 0.166. The second kappa shape index (κ2) is 15.6. The molecule has 0 radical (unpaired) electrons. The number of allylic oxidation sites excluding steroid dienone is 1. The molecule has 124 valence electrons. The van der Waals surface area contributed by atoms with E-state index in [-0.39, 0.29) is 5.97 Å². The topological polar surface area (TPSA) is 26.3 Å². The highest BCUT2D eigenvalue weighted by molar-refractivity contribution is 5.87. The van der Waals surface area contributed by atoms with E-state index < -0.39 is 0 Å². The summed E-state index contributed by atoms with van der Waals surface area (Å²) >= 11 is 0. The molecule has 21 heavy (non-hydrogen) atoms. The minimum Gasteiger partial charge on any atom is -0.462 e. The van der Waals surface area contributed by atoms with Crippen LogP contribution in [0.4, 0.5) is 0 Å². The zero-order valence-electron chi connectivity index (χ0n) is 14.6. The highest BCUT2D eigenvalue weighted by Gasteiger charge is 2.03. The molecule has 0 atom stereocenters. The predicted molar refractivity (Wildman–Crippen MR) is 91.5 cm³/mol. The summed E-state index contributed by atoms with van der Waals surface area (Å²) < 4.78 is 5.18. The Morgan fingerprint density at radius 2 is 1.24 bits per heavy atom. The zero-order chi connectivity index (χ0) is 15.8. The first-order valence-electron chi connectivity index (χ1n) is 9.02. The lowest BCUT2D eigenvalue weighted by Crippen LogP contribution is -2.06. The molecule has 0 N–H and O–H groups in total. The molecule has 0 saturated heterocycles. The number of hydrogen-bond acceptors (Lipinski definition) is 2. The van der Waals surface area contributed by atoms with E-state index >= 15 is 0 Å². The molecule has 2 heteroatoms. The van der Waals surface area contributed by atoms with Crippen LogP contribution in [0.3, 0.4) is 0 Å². The lowest BCUT2D eigenvalue weighted by atomic mass is 10.1. The molecular weight excluding hydrogens is 260 g/mol. The first-order valence-corrected chi connectivity index (χ1v) is 9.02. The van der Waals surface area contributed by atoms with Crippen LogP contribution in [0, 0.1) is 0 Å². The van der Waals surface area contributed by atoms with Gasteiger partial charge >= 0.3 is 5.97 Å². The maximum atomic E-state index is 11.4. The molecule has 0 heterocycles. The maximum Gasteiger partial charge on any atom is 0.333 e. The van der Waals surface area contributed by atoms with Crippen molar-refractivity contribution in [1.29, 1.82) is 0 Å². The maximum absolute atomic E-state index is 11.4. The molecule has 0 bridgehead atoms. The fourth-order valence-corrected chi connectivity index (χ4v) is 2.34. The van der Waals surface area contributed by atoms with Crippen molar-refractivity contribution in [3.05, 3.63) is 11.6 Å². The quantitative estimate of drug-likeness (QED) is 0.217. The van der Waals surface area contributed by atoms with Gasteiger partial charge in [0.05, 0.1) is 6.61 Å². The molecule has 0 aliphatic carbocycles. The number of ether oxygens (including phenoxy) is 1. The molecule has 0 unspecified atom stereocenters. The summed E-state index contributed by atoms with van der Waals surface area (Å²) in [6.45, 7) is 6.50. The Labute approximate surface area is 132 Å². The van der Waals surface area contributed by atoms with Crippen molar-refractivity contribution in [3.8, 4) is 0 Å². The minimum atomic E-state index is -0.166. The lowest BCUT2D eigenvalue weighted by Gasteiger charge is -2.05. The van der Waals surface area contributed by atoms with E-state index in [0.717, 1.165) is 6.42 Å². The van der Waals surface area contributed by atoms with Crippen molar-refractivity contribution in [2.75, 3.05) is 6.61 Å². The molecule has 0 rings (SSSR count).